The van der Waals surface area contributed by atoms with Gasteiger partial charge in [0.25, 0.3) is 50.6 Å². The van der Waals surface area contributed by atoms with Crippen molar-refractivity contribution in [3.63, 3.8) is 0 Å². The van der Waals surface area contributed by atoms with Crippen molar-refractivity contribution in [1.82, 2.24) is 0 Å². The van der Waals surface area contributed by atoms with Crippen molar-refractivity contribution in [3.05, 3.63) is 0 Å². The summed E-state index contributed by atoms with van der Waals surface area (Å²) in [4.78, 5) is 0. The Labute approximate surface area is 279 Å². The molecule has 0 amide bonds. The van der Waals surface area contributed by atoms with Crippen molar-refractivity contribution in [2.75, 3.05) is 28.8 Å². The minimum absolute atomic E-state index is 0.132. The molecule has 45 heavy (non-hydrogen) atoms. The quantitative estimate of drug-likeness (QED) is 0.147. The molecule has 0 aliphatic heterocycles. The Bertz CT molecular complexity index is 823. The fourth-order valence-electron chi connectivity index (χ4n) is 1.29. The highest BCUT2D eigenvalue weighted by molar-refractivity contribution is 7.86. The minimum Gasteiger partial charge on any atom is -0.286 e. The Morgan fingerprint density at radius 1 is 0.267 bits per heavy atom. The zero-order valence-corrected chi connectivity index (χ0v) is 34.5. The largest absolute Gasteiger partial charge is 0.286 e. The maximum absolute atomic E-state index is 9.79. The minimum atomic E-state index is -3.67. The second kappa shape index (κ2) is 50.4. The lowest BCUT2D eigenvalue weighted by Crippen LogP contribution is -2.01. The molecule has 0 radical (unpaired) electrons. The predicted octanol–water partition coefficient (Wildman–Crippen LogP) is 6.55. The first-order chi connectivity index (χ1) is 20.3. The van der Waals surface area contributed by atoms with Gasteiger partial charge in [-0.25, -0.2) is 0 Å². The Balaban J connectivity index is -0.0000000396. The summed E-state index contributed by atoms with van der Waals surface area (Å²) in [5.74, 6) is -0.660. The van der Waals surface area contributed by atoms with E-state index in [0.29, 0.717) is 32.1 Å². The van der Waals surface area contributed by atoms with Crippen LogP contribution in [0.4, 0.5) is 0 Å². The first-order valence-electron chi connectivity index (χ1n) is 15.1. The van der Waals surface area contributed by atoms with Crippen LogP contribution in [0, 0.1) is 0 Å². The molecular formula is C25H70O15S5. The molecule has 0 bridgehead atoms. The molecule has 0 aromatic carbocycles. The van der Waals surface area contributed by atoms with Gasteiger partial charge >= 0.3 is 0 Å². The van der Waals surface area contributed by atoms with Crippen molar-refractivity contribution >= 4 is 50.6 Å². The average Bonchev–Trinajstić information content (AvgIpc) is 2.88. The van der Waals surface area contributed by atoms with Crippen molar-refractivity contribution in [2.45, 2.75) is 136 Å². The van der Waals surface area contributed by atoms with Crippen molar-refractivity contribution in [3.8, 4) is 0 Å². The van der Waals surface area contributed by atoms with Crippen LogP contribution in [0.3, 0.4) is 0 Å². The third-order valence-corrected chi connectivity index (χ3v) is 6.93. The van der Waals surface area contributed by atoms with E-state index in [4.69, 9.17) is 22.8 Å². The smallest absolute Gasteiger partial charge is 0.264 e. The zero-order valence-electron chi connectivity index (χ0n) is 30.4. The molecule has 0 atom stereocenters. The molecule has 0 aromatic rings. The van der Waals surface area contributed by atoms with Crippen molar-refractivity contribution < 1.29 is 64.9 Å². The fourth-order valence-corrected chi connectivity index (χ4v) is 3.87. The summed E-state index contributed by atoms with van der Waals surface area (Å²) in [5.41, 5.74) is 0. The molecule has 0 aliphatic carbocycles. The van der Waals surface area contributed by atoms with Crippen LogP contribution in [0.1, 0.15) is 136 Å². The van der Waals surface area contributed by atoms with E-state index in [1.807, 2.05) is 69.2 Å². The molecule has 0 rings (SSSR count). The van der Waals surface area contributed by atoms with Crippen LogP contribution in [-0.4, -0.2) is 93.6 Å². The molecule has 0 saturated carbocycles. The van der Waals surface area contributed by atoms with Crippen molar-refractivity contribution in [1.29, 1.82) is 0 Å². The standard InChI is InChI=1S/5C3H8O3S.5C2H6/c5*1-2-3-7(4,5)6;5*1-2/h5*2-3H2,1H3,(H,4,5,6);5*1-2H3. The predicted molar refractivity (Wildman–Crippen MR) is 190 cm³/mol. The molecule has 5 N–H and O–H groups in total. The monoisotopic (exact) mass is 770 g/mol. The molecule has 0 spiro atoms. The fraction of sp³-hybridized carbons (Fsp3) is 1.00. The van der Waals surface area contributed by atoms with E-state index in [1.54, 1.807) is 34.6 Å². The second-order valence-electron chi connectivity index (χ2n) is 6.43. The topological polar surface area (TPSA) is 272 Å². The number of hydrogen-bond acceptors (Lipinski definition) is 10. The van der Waals surface area contributed by atoms with Gasteiger partial charge in [-0.05, 0) is 32.1 Å². The zero-order chi connectivity index (χ0) is 39.6. The van der Waals surface area contributed by atoms with Gasteiger partial charge in [-0.15, -0.1) is 0 Å². The SMILES string of the molecule is CC.CC.CC.CC.CC.CCCS(=O)(=O)O.CCCS(=O)(=O)O.CCCS(=O)(=O)O.CCCS(=O)(=O)O.CCCS(=O)(=O)O. The maximum atomic E-state index is 9.79. The van der Waals surface area contributed by atoms with E-state index < -0.39 is 50.6 Å². The van der Waals surface area contributed by atoms with Gasteiger partial charge in [-0.1, -0.05) is 104 Å². The summed E-state index contributed by atoms with van der Waals surface area (Å²) in [5, 5.41) is 0. The van der Waals surface area contributed by atoms with Gasteiger partial charge in [-0.2, -0.15) is 42.1 Å². The third-order valence-electron chi connectivity index (χ3n) is 2.31. The molecule has 15 nitrogen and oxygen atoms in total. The van der Waals surface area contributed by atoms with Gasteiger partial charge in [0.2, 0.25) is 0 Å². The van der Waals surface area contributed by atoms with Crippen LogP contribution >= 0.6 is 0 Å². The molecule has 20 heteroatoms. The summed E-state index contributed by atoms with van der Waals surface area (Å²) >= 11 is 0. The van der Waals surface area contributed by atoms with E-state index in [2.05, 4.69) is 0 Å². The Morgan fingerprint density at radius 2 is 0.333 bits per heavy atom. The van der Waals surface area contributed by atoms with E-state index in [0.717, 1.165) is 0 Å². The summed E-state index contributed by atoms with van der Waals surface area (Å²) in [6.07, 6.45) is 2.36. The molecule has 0 heterocycles. The summed E-state index contributed by atoms with van der Waals surface area (Å²) in [6, 6.07) is 0. The molecule has 0 saturated heterocycles. The maximum Gasteiger partial charge on any atom is 0.264 e. The number of hydrogen-bond donors (Lipinski definition) is 5. The van der Waals surface area contributed by atoms with Gasteiger partial charge in [-0.3, -0.25) is 22.8 Å². The third kappa shape index (κ3) is 197. The van der Waals surface area contributed by atoms with Crippen LogP contribution in [0.2, 0.25) is 0 Å². The van der Waals surface area contributed by atoms with Gasteiger partial charge in [0, 0.05) is 0 Å². The lowest BCUT2D eigenvalue weighted by Gasteiger charge is -1.86. The first-order valence-corrected chi connectivity index (χ1v) is 23.1. The van der Waals surface area contributed by atoms with Gasteiger partial charge in [0.15, 0.2) is 0 Å². The van der Waals surface area contributed by atoms with Crippen LogP contribution < -0.4 is 0 Å². The Kier molecular flexibility index (Phi) is 79.3. The molecule has 0 aliphatic rings. The Morgan fingerprint density at radius 3 is 0.333 bits per heavy atom. The van der Waals surface area contributed by atoms with E-state index in [1.165, 1.54) is 0 Å². The second-order valence-corrected chi connectivity index (χ2v) is 14.3. The first kappa shape index (κ1) is 70.8. The van der Waals surface area contributed by atoms with Crippen LogP contribution in [-0.2, 0) is 50.6 Å². The average molecular weight is 771 g/mol. The Hall–Kier alpha value is -0.450. The van der Waals surface area contributed by atoms with Gasteiger partial charge in [0.1, 0.15) is 0 Å². The molecular weight excluding hydrogens is 701 g/mol. The number of rotatable bonds is 10. The molecule has 0 aromatic heterocycles. The summed E-state index contributed by atoms with van der Waals surface area (Å²) < 4.78 is 138. The molecule has 0 unspecified atom stereocenters. The summed E-state index contributed by atoms with van der Waals surface area (Å²) in [6.45, 7) is 28.4. The van der Waals surface area contributed by atoms with Gasteiger partial charge < -0.3 is 0 Å². The lowest BCUT2D eigenvalue weighted by atomic mass is 10.6. The summed E-state index contributed by atoms with van der Waals surface area (Å²) in [7, 11) is -18.4. The van der Waals surface area contributed by atoms with E-state index >= 15 is 0 Å². The van der Waals surface area contributed by atoms with Crippen LogP contribution in [0.5, 0.6) is 0 Å². The molecule has 290 valence electrons. The van der Waals surface area contributed by atoms with E-state index in [-0.39, 0.29) is 28.8 Å². The lowest BCUT2D eigenvalue weighted by molar-refractivity contribution is 0.480. The van der Waals surface area contributed by atoms with E-state index in [9.17, 15) is 42.1 Å². The normalized spacial score (nSPS) is 9.78. The van der Waals surface area contributed by atoms with Gasteiger partial charge in [0.05, 0.1) is 28.8 Å². The highest BCUT2D eigenvalue weighted by Crippen LogP contribution is 1.86. The van der Waals surface area contributed by atoms with Crippen molar-refractivity contribution in [2.24, 2.45) is 0 Å². The van der Waals surface area contributed by atoms with Crippen LogP contribution in [0.25, 0.3) is 0 Å². The molecule has 0 fully saturated rings. The van der Waals surface area contributed by atoms with Crippen LogP contribution in [0.15, 0.2) is 0 Å². The highest BCUT2D eigenvalue weighted by atomic mass is 32.2. The highest BCUT2D eigenvalue weighted by Gasteiger charge is 2.00.